The van der Waals surface area contributed by atoms with Crippen LogP contribution in [0.1, 0.15) is 18.4 Å². The first-order valence-electron chi connectivity index (χ1n) is 6.84. The molecule has 0 bridgehead atoms. The van der Waals surface area contributed by atoms with E-state index in [1.54, 1.807) is 4.90 Å². The van der Waals surface area contributed by atoms with Crippen LogP contribution in [0.3, 0.4) is 0 Å². The first-order valence-corrected chi connectivity index (χ1v) is 6.84. The average Bonchev–Trinajstić information content (AvgIpc) is 2.86. The fourth-order valence-electron chi connectivity index (χ4n) is 2.95. The quantitative estimate of drug-likeness (QED) is 0.899. The van der Waals surface area contributed by atoms with Gasteiger partial charge in [-0.3, -0.25) is 0 Å². The maximum Gasteiger partial charge on any atom is 0.186 e. The van der Waals surface area contributed by atoms with Gasteiger partial charge in [0, 0.05) is 19.5 Å². The molecule has 0 amide bonds. The molecule has 2 fully saturated rings. The summed E-state index contributed by atoms with van der Waals surface area (Å²) in [4.78, 5) is 1.67. The van der Waals surface area contributed by atoms with Crippen molar-refractivity contribution in [3.63, 3.8) is 0 Å². The molecule has 20 heavy (non-hydrogen) atoms. The smallest absolute Gasteiger partial charge is 0.186 e. The van der Waals surface area contributed by atoms with Crippen molar-refractivity contribution in [3.05, 3.63) is 29.3 Å². The fraction of sp³-hybridized carbons (Fsp3) is 0.571. The SMILES string of the molecule is NCc1cc(F)c(N2CCCC3(C2)OCCO3)c(F)c1. The minimum absolute atomic E-state index is 0.0135. The third kappa shape index (κ3) is 2.39. The van der Waals surface area contributed by atoms with Crippen LogP contribution in [0.2, 0.25) is 0 Å². The Hall–Kier alpha value is -1.24. The highest BCUT2D eigenvalue weighted by atomic mass is 19.1. The van der Waals surface area contributed by atoms with Gasteiger partial charge in [-0.15, -0.1) is 0 Å². The number of rotatable bonds is 2. The third-order valence-corrected chi connectivity index (χ3v) is 3.86. The molecule has 6 heteroatoms. The van der Waals surface area contributed by atoms with E-state index in [2.05, 4.69) is 0 Å². The van der Waals surface area contributed by atoms with Crippen LogP contribution in [0.15, 0.2) is 12.1 Å². The zero-order chi connectivity index (χ0) is 14.2. The Morgan fingerprint density at radius 3 is 2.45 bits per heavy atom. The molecule has 2 aliphatic heterocycles. The highest BCUT2D eigenvalue weighted by Crippen LogP contribution is 2.35. The monoisotopic (exact) mass is 284 g/mol. The Morgan fingerprint density at radius 2 is 1.85 bits per heavy atom. The maximum absolute atomic E-state index is 14.1. The van der Waals surface area contributed by atoms with Crippen LogP contribution in [-0.2, 0) is 16.0 Å². The molecule has 110 valence electrons. The van der Waals surface area contributed by atoms with E-state index in [0.29, 0.717) is 31.9 Å². The largest absolute Gasteiger partial charge is 0.361 e. The number of anilines is 1. The molecule has 3 rings (SSSR count). The molecule has 0 unspecified atom stereocenters. The predicted molar refractivity (Wildman–Crippen MR) is 70.3 cm³/mol. The summed E-state index contributed by atoms with van der Waals surface area (Å²) in [5.74, 6) is -1.87. The van der Waals surface area contributed by atoms with Gasteiger partial charge < -0.3 is 20.1 Å². The number of nitrogens with two attached hydrogens (primary N) is 1. The zero-order valence-corrected chi connectivity index (χ0v) is 11.2. The molecule has 2 heterocycles. The van der Waals surface area contributed by atoms with Crippen molar-refractivity contribution in [1.82, 2.24) is 0 Å². The number of hydrogen-bond acceptors (Lipinski definition) is 4. The summed E-state index contributed by atoms with van der Waals surface area (Å²) in [6.45, 7) is 2.12. The number of ether oxygens (including phenoxy) is 2. The van der Waals surface area contributed by atoms with E-state index in [4.69, 9.17) is 15.2 Å². The second-order valence-corrected chi connectivity index (χ2v) is 5.24. The highest BCUT2D eigenvalue weighted by molar-refractivity contribution is 5.51. The zero-order valence-electron chi connectivity index (χ0n) is 11.2. The number of benzene rings is 1. The minimum atomic E-state index is -0.705. The Morgan fingerprint density at radius 1 is 1.20 bits per heavy atom. The van der Waals surface area contributed by atoms with Crippen LogP contribution >= 0.6 is 0 Å². The molecular weight excluding hydrogens is 266 g/mol. The molecule has 0 radical (unpaired) electrons. The molecule has 4 nitrogen and oxygen atoms in total. The Labute approximate surface area is 116 Å². The van der Waals surface area contributed by atoms with Crippen molar-refractivity contribution in [2.24, 2.45) is 5.73 Å². The normalized spacial score (nSPS) is 21.6. The molecule has 0 saturated carbocycles. The highest BCUT2D eigenvalue weighted by Gasteiger charge is 2.41. The number of nitrogens with zero attached hydrogens (tertiary/aromatic N) is 1. The van der Waals surface area contributed by atoms with Gasteiger partial charge in [0.05, 0.1) is 19.8 Å². The molecule has 1 aromatic carbocycles. The van der Waals surface area contributed by atoms with E-state index in [-0.39, 0.29) is 12.2 Å². The van der Waals surface area contributed by atoms with Crippen LogP contribution in [-0.4, -0.2) is 32.1 Å². The van der Waals surface area contributed by atoms with Crippen LogP contribution in [0, 0.1) is 11.6 Å². The summed E-state index contributed by atoms with van der Waals surface area (Å²) < 4.78 is 39.5. The summed E-state index contributed by atoms with van der Waals surface area (Å²) in [5.41, 5.74) is 5.86. The predicted octanol–water partition coefficient (Wildman–Crippen LogP) is 1.77. The molecule has 0 aliphatic carbocycles. The lowest BCUT2D eigenvalue weighted by atomic mass is 10.0. The van der Waals surface area contributed by atoms with Crippen LogP contribution in [0.4, 0.5) is 14.5 Å². The van der Waals surface area contributed by atoms with Gasteiger partial charge >= 0.3 is 0 Å². The summed E-state index contributed by atoms with van der Waals surface area (Å²) in [6, 6.07) is 2.58. The molecule has 1 spiro atoms. The van der Waals surface area contributed by atoms with Crippen molar-refractivity contribution in [2.75, 3.05) is 31.2 Å². The summed E-state index contributed by atoms with van der Waals surface area (Å²) in [5, 5.41) is 0. The molecule has 2 saturated heterocycles. The van der Waals surface area contributed by atoms with E-state index < -0.39 is 17.4 Å². The molecule has 2 N–H and O–H groups in total. The lowest BCUT2D eigenvalue weighted by Crippen LogP contribution is -2.49. The van der Waals surface area contributed by atoms with E-state index >= 15 is 0 Å². The number of hydrogen-bond donors (Lipinski definition) is 1. The van der Waals surface area contributed by atoms with Gasteiger partial charge in [0.2, 0.25) is 0 Å². The number of halogens is 2. The molecule has 0 aromatic heterocycles. The Balaban J connectivity index is 1.89. The van der Waals surface area contributed by atoms with Crippen molar-refractivity contribution < 1.29 is 18.3 Å². The number of piperidine rings is 1. The summed E-state index contributed by atoms with van der Waals surface area (Å²) in [6.07, 6.45) is 1.53. The summed E-state index contributed by atoms with van der Waals surface area (Å²) in [7, 11) is 0. The standard InChI is InChI=1S/C14H18F2N2O2/c15-11-6-10(8-17)7-12(16)13(11)18-3-1-2-14(9-18)19-4-5-20-14/h6-7H,1-5,8-9,17H2. The van der Waals surface area contributed by atoms with Crippen LogP contribution in [0.5, 0.6) is 0 Å². The average molecular weight is 284 g/mol. The molecule has 1 aromatic rings. The van der Waals surface area contributed by atoms with Gasteiger partial charge in [-0.1, -0.05) is 0 Å². The van der Waals surface area contributed by atoms with Crippen molar-refractivity contribution in [1.29, 1.82) is 0 Å². The van der Waals surface area contributed by atoms with Crippen molar-refractivity contribution >= 4 is 5.69 Å². The first kappa shape index (κ1) is 13.7. The Kier molecular flexibility index (Phi) is 3.62. The van der Waals surface area contributed by atoms with E-state index in [1.165, 1.54) is 12.1 Å². The third-order valence-electron chi connectivity index (χ3n) is 3.86. The summed E-state index contributed by atoms with van der Waals surface area (Å²) >= 11 is 0. The topological polar surface area (TPSA) is 47.7 Å². The Bertz CT molecular complexity index is 481. The minimum Gasteiger partial charge on any atom is -0.361 e. The molecule has 2 aliphatic rings. The van der Waals surface area contributed by atoms with E-state index in [1.807, 2.05) is 0 Å². The van der Waals surface area contributed by atoms with Gasteiger partial charge in [-0.05, 0) is 24.1 Å². The van der Waals surface area contributed by atoms with Gasteiger partial charge in [0.25, 0.3) is 0 Å². The van der Waals surface area contributed by atoms with Gasteiger partial charge in [0.1, 0.15) is 17.3 Å². The first-order chi connectivity index (χ1) is 9.63. The van der Waals surface area contributed by atoms with E-state index in [9.17, 15) is 8.78 Å². The second kappa shape index (κ2) is 5.27. The fourth-order valence-corrected chi connectivity index (χ4v) is 2.95. The van der Waals surface area contributed by atoms with Gasteiger partial charge in [0.15, 0.2) is 5.79 Å². The van der Waals surface area contributed by atoms with Crippen LogP contribution < -0.4 is 10.6 Å². The van der Waals surface area contributed by atoms with Gasteiger partial charge in [-0.25, -0.2) is 8.78 Å². The van der Waals surface area contributed by atoms with Gasteiger partial charge in [-0.2, -0.15) is 0 Å². The van der Waals surface area contributed by atoms with E-state index in [0.717, 1.165) is 12.8 Å². The van der Waals surface area contributed by atoms with Crippen LogP contribution in [0.25, 0.3) is 0 Å². The maximum atomic E-state index is 14.1. The van der Waals surface area contributed by atoms with Crippen molar-refractivity contribution in [3.8, 4) is 0 Å². The lowest BCUT2D eigenvalue weighted by Gasteiger charge is -2.40. The molecule has 0 atom stereocenters. The molecular formula is C14H18F2N2O2. The van der Waals surface area contributed by atoms with Crippen molar-refractivity contribution in [2.45, 2.75) is 25.2 Å². The second-order valence-electron chi connectivity index (χ2n) is 5.24. The lowest BCUT2D eigenvalue weighted by molar-refractivity contribution is -0.161.